The first-order chi connectivity index (χ1) is 10.4. The SMILES string of the molecule is Cl.O=C(NCC1(c2cccc(C(F)(F)F)c2)CCC1)C1CNC1. The van der Waals surface area contributed by atoms with Crippen molar-refractivity contribution < 1.29 is 18.0 Å². The normalized spacial score (nSPS) is 20.0. The van der Waals surface area contributed by atoms with Crippen LogP contribution < -0.4 is 10.6 Å². The van der Waals surface area contributed by atoms with Crippen LogP contribution in [0.2, 0.25) is 0 Å². The van der Waals surface area contributed by atoms with E-state index in [0.717, 1.165) is 25.3 Å². The number of hydrogen-bond acceptors (Lipinski definition) is 2. The maximum atomic E-state index is 12.9. The van der Waals surface area contributed by atoms with Gasteiger partial charge in [-0.3, -0.25) is 4.79 Å². The lowest BCUT2D eigenvalue weighted by Gasteiger charge is -2.43. The van der Waals surface area contributed by atoms with Gasteiger partial charge in [0.2, 0.25) is 5.91 Å². The predicted octanol–water partition coefficient (Wildman–Crippen LogP) is 2.88. The molecular formula is C16H20ClF3N2O. The van der Waals surface area contributed by atoms with Crippen molar-refractivity contribution in [2.45, 2.75) is 30.9 Å². The van der Waals surface area contributed by atoms with Crippen LogP contribution in [-0.2, 0) is 16.4 Å². The molecule has 1 aromatic carbocycles. The van der Waals surface area contributed by atoms with Gasteiger partial charge in [-0.05, 0) is 24.5 Å². The Balaban J connectivity index is 0.00000192. The number of nitrogens with one attached hydrogen (secondary N) is 2. The Morgan fingerprint density at radius 1 is 1.30 bits per heavy atom. The molecule has 3 rings (SSSR count). The molecule has 2 aliphatic rings. The summed E-state index contributed by atoms with van der Waals surface area (Å²) in [7, 11) is 0. The Kier molecular flexibility index (Phi) is 5.26. The monoisotopic (exact) mass is 348 g/mol. The van der Waals surface area contributed by atoms with E-state index < -0.39 is 11.7 Å². The smallest absolute Gasteiger partial charge is 0.355 e. The summed E-state index contributed by atoms with van der Waals surface area (Å²) in [5, 5.41) is 5.96. The van der Waals surface area contributed by atoms with Crippen molar-refractivity contribution in [1.82, 2.24) is 10.6 Å². The van der Waals surface area contributed by atoms with Gasteiger partial charge in [0.15, 0.2) is 0 Å². The number of carbonyl (C=O) groups is 1. The van der Waals surface area contributed by atoms with Gasteiger partial charge >= 0.3 is 6.18 Å². The predicted molar refractivity (Wildman–Crippen MR) is 83.6 cm³/mol. The molecular weight excluding hydrogens is 329 g/mol. The van der Waals surface area contributed by atoms with Crippen molar-refractivity contribution in [1.29, 1.82) is 0 Å². The molecule has 7 heteroatoms. The second-order valence-electron chi connectivity index (χ2n) is 6.29. The van der Waals surface area contributed by atoms with Crippen molar-refractivity contribution in [3.63, 3.8) is 0 Å². The molecule has 0 aromatic heterocycles. The van der Waals surface area contributed by atoms with Crippen LogP contribution in [0.5, 0.6) is 0 Å². The lowest BCUT2D eigenvalue weighted by molar-refractivity contribution is -0.137. The van der Waals surface area contributed by atoms with E-state index in [9.17, 15) is 18.0 Å². The van der Waals surface area contributed by atoms with Crippen LogP contribution in [0.3, 0.4) is 0 Å². The molecule has 23 heavy (non-hydrogen) atoms. The van der Waals surface area contributed by atoms with Crippen LogP contribution in [-0.4, -0.2) is 25.5 Å². The minimum absolute atomic E-state index is 0. The van der Waals surface area contributed by atoms with Crippen LogP contribution in [0.25, 0.3) is 0 Å². The molecule has 0 bridgehead atoms. The summed E-state index contributed by atoms with van der Waals surface area (Å²) in [5.41, 5.74) is -0.278. The van der Waals surface area contributed by atoms with Crippen LogP contribution in [0, 0.1) is 5.92 Å². The molecule has 1 saturated heterocycles. The van der Waals surface area contributed by atoms with E-state index in [0.29, 0.717) is 25.2 Å². The number of amides is 1. The maximum Gasteiger partial charge on any atom is 0.416 e. The molecule has 1 amide bonds. The fourth-order valence-electron chi connectivity index (χ4n) is 3.07. The van der Waals surface area contributed by atoms with E-state index in [2.05, 4.69) is 10.6 Å². The number of rotatable bonds is 4. The van der Waals surface area contributed by atoms with Gasteiger partial charge in [0.05, 0.1) is 11.5 Å². The molecule has 1 aliphatic heterocycles. The third-order valence-corrected chi connectivity index (χ3v) is 4.87. The summed E-state index contributed by atoms with van der Waals surface area (Å²) in [6.45, 7) is 1.79. The molecule has 2 N–H and O–H groups in total. The van der Waals surface area contributed by atoms with Gasteiger partial charge in [0.1, 0.15) is 0 Å². The molecule has 3 nitrogen and oxygen atoms in total. The number of hydrogen-bond donors (Lipinski definition) is 2. The average molecular weight is 349 g/mol. The average Bonchev–Trinajstić information content (AvgIpc) is 2.35. The topological polar surface area (TPSA) is 41.1 Å². The van der Waals surface area contributed by atoms with Crippen molar-refractivity contribution in [3.8, 4) is 0 Å². The second-order valence-corrected chi connectivity index (χ2v) is 6.29. The molecule has 1 saturated carbocycles. The molecule has 0 unspecified atom stereocenters. The fraction of sp³-hybridized carbons (Fsp3) is 0.562. The number of alkyl halides is 3. The maximum absolute atomic E-state index is 12.9. The number of benzene rings is 1. The number of carbonyl (C=O) groups excluding carboxylic acids is 1. The van der Waals surface area contributed by atoms with Gasteiger partial charge in [-0.2, -0.15) is 13.2 Å². The highest BCUT2D eigenvalue weighted by atomic mass is 35.5. The highest BCUT2D eigenvalue weighted by Gasteiger charge is 2.41. The lowest BCUT2D eigenvalue weighted by atomic mass is 9.64. The van der Waals surface area contributed by atoms with E-state index in [-0.39, 0.29) is 29.6 Å². The molecule has 2 fully saturated rings. The van der Waals surface area contributed by atoms with Crippen LogP contribution in [0.15, 0.2) is 24.3 Å². The first kappa shape index (κ1) is 18.1. The second kappa shape index (κ2) is 6.69. The summed E-state index contributed by atoms with van der Waals surface area (Å²) >= 11 is 0. The Labute approximate surface area is 139 Å². The van der Waals surface area contributed by atoms with E-state index in [1.54, 1.807) is 6.07 Å². The van der Waals surface area contributed by atoms with Crippen LogP contribution in [0.1, 0.15) is 30.4 Å². The Morgan fingerprint density at radius 3 is 2.48 bits per heavy atom. The highest BCUT2D eigenvalue weighted by molar-refractivity contribution is 5.85. The Hall–Kier alpha value is -1.27. The van der Waals surface area contributed by atoms with E-state index >= 15 is 0 Å². The molecule has 1 heterocycles. The van der Waals surface area contributed by atoms with Gasteiger partial charge in [-0.1, -0.05) is 24.6 Å². The Morgan fingerprint density at radius 2 is 2.00 bits per heavy atom. The first-order valence-electron chi connectivity index (χ1n) is 7.57. The first-order valence-corrected chi connectivity index (χ1v) is 7.57. The summed E-state index contributed by atoms with van der Waals surface area (Å²) in [6.07, 6.45) is -1.71. The minimum atomic E-state index is -4.33. The number of halogens is 4. The van der Waals surface area contributed by atoms with Crippen LogP contribution in [0.4, 0.5) is 13.2 Å². The van der Waals surface area contributed by atoms with Crippen molar-refractivity contribution in [2.75, 3.05) is 19.6 Å². The van der Waals surface area contributed by atoms with Gasteiger partial charge in [0, 0.05) is 25.0 Å². The highest BCUT2D eigenvalue weighted by Crippen LogP contribution is 2.44. The van der Waals surface area contributed by atoms with E-state index in [1.807, 2.05) is 0 Å². The van der Waals surface area contributed by atoms with Gasteiger partial charge in [-0.25, -0.2) is 0 Å². The van der Waals surface area contributed by atoms with Crippen molar-refractivity contribution in [2.24, 2.45) is 5.92 Å². The van der Waals surface area contributed by atoms with Gasteiger partial charge < -0.3 is 10.6 Å². The van der Waals surface area contributed by atoms with Crippen molar-refractivity contribution in [3.05, 3.63) is 35.4 Å². The molecule has 128 valence electrons. The molecule has 1 aliphatic carbocycles. The summed E-state index contributed by atoms with van der Waals surface area (Å²) in [4.78, 5) is 11.9. The molecule has 1 aromatic rings. The van der Waals surface area contributed by atoms with Gasteiger partial charge in [-0.15, -0.1) is 12.4 Å². The van der Waals surface area contributed by atoms with Gasteiger partial charge in [0.25, 0.3) is 0 Å². The molecule has 0 spiro atoms. The van der Waals surface area contributed by atoms with Crippen LogP contribution >= 0.6 is 12.4 Å². The third kappa shape index (κ3) is 3.63. The fourth-order valence-corrected chi connectivity index (χ4v) is 3.07. The zero-order valence-corrected chi connectivity index (χ0v) is 13.4. The lowest BCUT2D eigenvalue weighted by Crippen LogP contribution is -2.54. The zero-order valence-electron chi connectivity index (χ0n) is 12.6. The zero-order chi connectivity index (χ0) is 15.8. The standard InChI is InChI=1S/C16H19F3N2O.ClH/c17-16(18,19)13-4-1-3-12(7-13)15(5-2-6-15)10-21-14(22)11-8-20-9-11;/h1,3-4,7,11,20H,2,5-6,8-10H2,(H,21,22);1H. The minimum Gasteiger partial charge on any atom is -0.355 e. The van der Waals surface area contributed by atoms with E-state index in [1.165, 1.54) is 12.1 Å². The molecule has 0 radical (unpaired) electrons. The van der Waals surface area contributed by atoms with Crippen molar-refractivity contribution >= 4 is 18.3 Å². The Bertz CT molecular complexity index is 569. The summed E-state index contributed by atoms with van der Waals surface area (Å²) in [6, 6.07) is 5.52. The van der Waals surface area contributed by atoms with E-state index in [4.69, 9.17) is 0 Å². The largest absolute Gasteiger partial charge is 0.416 e. The quantitative estimate of drug-likeness (QED) is 0.878. The summed E-state index contributed by atoms with van der Waals surface area (Å²) in [5.74, 6) is -0.00404. The summed E-state index contributed by atoms with van der Waals surface area (Å²) < 4.78 is 38.6. The molecule has 0 atom stereocenters. The third-order valence-electron chi connectivity index (χ3n) is 4.87.